The molecule has 1 aromatic rings. The van der Waals surface area contributed by atoms with E-state index in [0.29, 0.717) is 11.8 Å². The van der Waals surface area contributed by atoms with Gasteiger partial charge in [-0.2, -0.15) is 0 Å². The molecule has 2 bridgehead atoms. The number of piperidine rings is 1. The summed E-state index contributed by atoms with van der Waals surface area (Å²) in [7, 11) is 0. The van der Waals surface area contributed by atoms with Gasteiger partial charge in [0.25, 0.3) is 5.56 Å². The minimum absolute atomic E-state index is 0.158. The van der Waals surface area contributed by atoms with E-state index >= 15 is 0 Å². The third-order valence-corrected chi connectivity index (χ3v) is 4.01. The van der Waals surface area contributed by atoms with Crippen molar-refractivity contribution >= 4 is 16.1 Å². The summed E-state index contributed by atoms with van der Waals surface area (Å²) in [6.45, 7) is 2.95. The molecular weight excluding hydrogens is 256 g/mol. The van der Waals surface area contributed by atoms with Gasteiger partial charge in [-0.15, -0.1) is 0 Å². The van der Waals surface area contributed by atoms with E-state index in [-0.39, 0.29) is 5.56 Å². The van der Waals surface area contributed by atoms with Crippen LogP contribution in [-0.4, -0.2) is 21.6 Å². The highest BCUT2D eigenvalue weighted by Crippen LogP contribution is 2.35. The van der Waals surface area contributed by atoms with Crippen LogP contribution in [0.15, 0.2) is 23.0 Å². The second kappa shape index (κ2) is 3.46. The molecule has 1 saturated heterocycles. The molecule has 3 rings (SSSR count). The van der Waals surface area contributed by atoms with Crippen molar-refractivity contribution in [2.45, 2.75) is 18.9 Å². The summed E-state index contributed by atoms with van der Waals surface area (Å²) in [5.41, 5.74) is 1.37. The Morgan fingerprint density at radius 2 is 2.13 bits per heavy atom. The van der Waals surface area contributed by atoms with E-state index in [1.165, 1.54) is 12.1 Å². The summed E-state index contributed by atoms with van der Waals surface area (Å²) in [6, 6.07) is 5.63. The smallest absolute Gasteiger partial charge is 0.250 e. The zero-order chi connectivity index (χ0) is 10.4. The number of pyridine rings is 1. The average molecular weight is 269 g/mol. The lowest BCUT2D eigenvalue weighted by Crippen LogP contribution is -2.43. The van der Waals surface area contributed by atoms with Gasteiger partial charge in [-0.3, -0.25) is 4.79 Å². The van der Waals surface area contributed by atoms with Gasteiger partial charge in [0.1, 0.15) is 0 Å². The fourth-order valence-corrected chi connectivity index (χ4v) is 3.60. The molecule has 15 heavy (non-hydrogen) atoms. The van der Waals surface area contributed by atoms with Gasteiger partial charge in [-0.05, 0) is 18.4 Å². The van der Waals surface area contributed by atoms with Gasteiger partial charge in [0.2, 0.25) is 0 Å². The molecule has 0 N–H and O–H groups in total. The Bertz CT molecular complexity index is 442. The van der Waals surface area contributed by atoms with E-state index in [1.807, 2.05) is 10.6 Å². The molecule has 0 aliphatic carbocycles. The van der Waals surface area contributed by atoms with Crippen molar-refractivity contribution in [3.8, 4) is 0 Å². The Labute approximate surface area is 97.0 Å². The number of halogens is 1. The van der Waals surface area contributed by atoms with Crippen molar-refractivity contribution in [2.24, 2.45) is 5.92 Å². The quantitative estimate of drug-likeness (QED) is 0.668. The van der Waals surface area contributed by atoms with E-state index in [2.05, 4.69) is 26.1 Å². The number of hydrogen-bond donors (Lipinski definition) is 0. The number of rotatable bonds is 0. The van der Waals surface area contributed by atoms with Crippen LogP contribution in [0.3, 0.4) is 0 Å². The van der Waals surface area contributed by atoms with E-state index < -0.39 is 0 Å². The molecule has 0 amide bonds. The minimum atomic E-state index is 0.158. The normalized spacial score (nSPS) is 29.9. The Balaban J connectivity index is 2.10. The molecule has 1 aromatic heterocycles. The Morgan fingerprint density at radius 3 is 3.00 bits per heavy atom. The Morgan fingerprint density at radius 1 is 1.27 bits per heavy atom. The predicted octanol–water partition coefficient (Wildman–Crippen LogP) is 1.58. The maximum Gasteiger partial charge on any atom is 0.250 e. The standard InChI is InChI=1S/C11H13BrN2O/c12-13-5-8-4-9(7-13)10-2-1-3-11(15)14(10)6-8/h1-3,8-9H,4-7H2/t8-,9+/m0/s1. The highest BCUT2D eigenvalue weighted by molar-refractivity contribution is 9.07. The maximum absolute atomic E-state index is 11.7. The molecule has 2 aliphatic rings. The van der Waals surface area contributed by atoms with Crippen LogP contribution >= 0.6 is 16.1 Å². The van der Waals surface area contributed by atoms with Crippen molar-refractivity contribution in [2.75, 3.05) is 13.1 Å². The molecule has 0 aromatic carbocycles. The predicted molar refractivity (Wildman–Crippen MR) is 62.1 cm³/mol. The average Bonchev–Trinajstić information content (AvgIpc) is 2.19. The molecule has 1 fully saturated rings. The summed E-state index contributed by atoms with van der Waals surface area (Å²) in [4.78, 5) is 11.7. The fraction of sp³-hybridized carbons (Fsp3) is 0.545. The lowest BCUT2D eigenvalue weighted by molar-refractivity contribution is 0.202. The highest BCUT2D eigenvalue weighted by atomic mass is 79.9. The number of nitrogens with zero attached hydrogens (tertiary/aromatic N) is 2. The van der Waals surface area contributed by atoms with Crippen molar-refractivity contribution in [3.05, 3.63) is 34.2 Å². The Kier molecular flexibility index (Phi) is 2.21. The van der Waals surface area contributed by atoms with Crippen molar-refractivity contribution in [1.29, 1.82) is 0 Å². The third kappa shape index (κ3) is 1.56. The van der Waals surface area contributed by atoms with Crippen LogP contribution in [0.4, 0.5) is 0 Å². The van der Waals surface area contributed by atoms with Crippen LogP contribution in [0.1, 0.15) is 18.0 Å². The SMILES string of the molecule is O=c1cccc2n1C[C@H]1C[C@@H]2CN(Br)C1. The monoisotopic (exact) mass is 268 g/mol. The molecule has 2 atom stereocenters. The van der Waals surface area contributed by atoms with Gasteiger partial charge in [-0.25, -0.2) is 3.93 Å². The van der Waals surface area contributed by atoms with Gasteiger partial charge in [0.05, 0.1) is 0 Å². The van der Waals surface area contributed by atoms with E-state index in [1.54, 1.807) is 6.07 Å². The molecule has 2 aliphatic heterocycles. The first-order valence-corrected chi connectivity index (χ1v) is 6.05. The molecule has 3 nitrogen and oxygen atoms in total. The van der Waals surface area contributed by atoms with Crippen molar-refractivity contribution in [1.82, 2.24) is 8.49 Å². The van der Waals surface area contributed by atoms with Gasteiger partial charge in [0, 0.05) is 53.5 Å². The topological polar surface area (TPSA) is 25.2 Å². The molecule has 0 unspecified atom stereocenters. The minimum Gasteiger partial charge on any atom is -0.312 e. The van der Waals surface area contributed by atoms with E-state index in [0.717, 1.165) is 19.6 Å². The van der Waals surface area contributed by atoms with E-state index in [9.17, 15) is 4.79 Å². The zero-order valence-corrected chi connectivity index (χ0v) is 9.98. The van der Waals surface area contributed by atoms with Gasteiger partial charge < -0.3 is 4.57 Å². The summed E-state index contributed by atoms with van der Waals surface area (Å²) >= 11 is 3.56. The molecule has 0 saturated carbocycles. The van der Waals surface area contributed by atoms with E-state index in [4.69, 9.17) is 0 Å². The zero-order valence-electron chi connectivity index (χ0n) is 8.40. The molecule has 3 heterocycles. The first-order valence-electron chi connectivity index (χ1n) is 5.34. The number of hydrogen-bond acceptors (Lipinski definition) is 2. The van der Waals surface area contributed by atoms with Crippen LogP contribution in [0, 0.1) is 5.92 Å². The maximum atomic E-state index is 11.7. The summed E-state index contributed by atoms with van der Waals surface area (Å²) in [6.07, 6.45) is 1.23. The van der Waals surface area contributed by atoms with Crippen LogP contribution in [-0.2, 0) is 6.54 Å². The third-order valence-electron chi connectivity index (χ3n) is 3.44. The molecule has 80 valence electrons. The van der Waals surface area contributed by atoms with Crippen LogP contribution in [0.2, 0.25) is 0 Å². The first kappa shape index (κ1) is 9.60. The van der Waals surface area contributed by atoms with Crippen molar-refractivity contribution in [3.63, 3.8) is 0 Å². The lowest BCUT2D eigenvalue weighted by Gasteiger charge is -2.40. The molecule has 0 spiro atoms. The highest BCUT2D eigenvalue weighted by Gasteiger charge is 2.33. The van der Waals surface area contributed by atoms with Crippen LogP contribution in [0.25, 0.3) is 0 Å². The molecular formula is C11H13BrN2O. The number of fused-ring (bicyclic) bond motifs is 4. The molecule has 0 radical (unpaired) electrons. The first-order chi connectivity index (χ1) is 7.24. The van der Waals surface area contributed by atoms with Gasteiger partial charge >= 0.3 is 0 Å². The van der Waals surface area contributed by atoms with Gasteiger partial charge in [0.15, 0.2) is 0 Å². The Hall–Kier alpha value is -0.610. The second-order valence-corrected chi connectivity index (χ2v) is 5.53. The van der Waals surface area contributed by atoms with Crippen molar-refractivity contribution < 1.29 is 0 Å². The largest absolute Gasteiger partial charge is 0.312 e. The van der Waals surface area contributed by atoms with Crippen LogP contribution < -0.4 is 5.56 Å². The number of aromatic nitrogens is 1. The fourth-order valence-electron chi connectivity index (χ4n) is 2.84. The lowest BCUT2D eigenvalue weighted by atomic mass is 9.84. The summed E-state index contributed by atoms with van der Waals surface area (Å²) < 4.78 is 4.16. The van der Waals surface area contributed by atoms with Crippen LogP contribution in [0.5, 0.6) is 0 Å². The molecule has 4 heteroatoms. The van der Waals surface area contributed by atoms with Gasteiger partial charge in [-0.1, -0.05) is 6.07 Å². The summed E-state index contributed by atoms with van der Waals surface area (Å²) in [5, 5.41) is 0. The second-order valence-electron chi connectivity index (χ2n) is 4.53. The summed E-state index contributed by atoms with van der Waals surface area (Å²) in [5.74, 6) is 1.14.